The molecule has 0 spiro atoms. The molecule has 14 nitrogen and oxygen atoms in total. The van der Waals surface area contributed by atoms with Crippen LogP contribution in [0.1, 0.15) is 24.0 Å². The number of carboxylic acids is 2. The molecule has 2 rings (SSSR count). The Morgan fingerprint density at radius 3 is 1.17 bits per heavy atom. The number of nitrogens with one attached hydrogen (secondary N) is 2. The van der Waals surface area contributed by atoms with Gasteiger partial charge in [-0.15, -0.1) is 0 Å². The third-order valence-electron chi connectivity index (χ3n) is 5.22. The second-order valence-corrected chi connectivity index (χ2v) is 12.0. The number of amides is 2. The van der Waals surface area contributed by atoms with Crippen molar-refractivity contribution in [3.05, 3.63) is 71.8 Å². The first-order chi connectivity index (χ1) is 18.6. The molecule has 0 unspecified atom stereocenters. The van der Waals surface area contributed by atoms with Crippen LogP contribution in [0.25, 0.3) is 0 Å². The number of hydrogen-bond donors (Lipinski definition) is 6. The minimum absolute atomic E-state index is 0. The predicted octanol–water partition coefficient (Wildman–Crippen LogP) is -2.32. The third kappa shape index (κ3) is 16.8. The van der Waals surface area contributed by atoms with Crippen LogP contribution in [0.4, 0.5) is 0 Å². The molecule has 0 fully saturated rings. The molecular weight excluding hydrogens is 610 g/mol. The van der Waals surface area contributed by atoms with Gasteiger partial charge in [0.2, 0.25) is 11.8 Å². The number of carbonyl (C=O) groups excluding carboxylic acids is 4. The van der Waals surface area contributed by atoms with Crippen molar-refractivity contribution in [1.29, 1.82) is 0 Å². The van der Waals surface area contributed by atoms with Gasteiger partial charge in [0.1, 0.15) is 11.3 Å². The zero-order valence-corrected chi connectivity index (χ0v) is 25.8. The second kappa shape index (κ2) is 19.1. The Morgan fingerprint density at radius 2 is 0.927 bits per heavy atom. The van der Waals surface area contributed by atoms with Gasteiger partial charge in [0.25, 0.3) is 0 Å². The molecule has 41 heavy (non-hydrogen) atoms. The summed E-state index contributed by atoms with van der Waals surface area (Å²) in [7, 11) is -9.27. The monoisotopic (exact) mass is 640 g/mol. The van der Waals surface area contributed by atoms with E-state index in [0.29, 0.717) is 11.1 Å². The van der Waals surface area contributed by atoms with Crippen molar-refractivity contribution < 1.29 is 58.1 Å². The van der Waals surface area contributed by atoms with E-state index in [1.807, 2.05) is 0 Å². The summed E-state index contributed by atoms with van der Waals surface area (Å²) in [5.74, 6) is -4.44. The molecule has 2 aromatic rings. The summed E-state index contributed by atoms with van der Waals surface area (Å²) in [5, 5.41) is 24.8. The molecule has 0 saturated carbocycles. The number of carboxylic acid groups (broad SMARTS) is 2. The van der Waals surface area contributed by atoms with E-state index in [9.17, 15) is 58.1 Å². The molecule has 0 aliphatic carbocycles. The van der Waals surface area contributed by atoms with Crippen molar-refractivity contribution >= 4 is 76.7 Å². The molecule has 0 heterocycles. The molecular formula is C24H30CaN2O12P2. The fourth-order valence-electron chi connectivity index (χ4n) is 3.21. The molecule has 2 aromatic carbocycles. The van der Waals surface area contributed by atoms with Gasteiger partial charge in [-0.3, -0.25) is 18.7 Å². The standard InChI is InChI=1S/2C12H16NO6P.Ca/c2*14-11(15)6-7-13-12(16)10(20(17,18)19)8-9-4-2-1-3-5-9;/h2*1-5,10H,6-8H2,(H,13,16)(H,14,15)(H2,17,18,19);/q;;+2/p-2/t2*10-;/m11./s1. The Bertz CT molecular complexity index is 1130. The van der Waals surface area contributed by atoms with Gasteiger partial charge in [0.05, 0.1) is 0 Å². The number of rotatable bonds is 14. The summed E-state index contributed by atoms with van der Waals surface area (Å²) in [6, 6.07) is 16.9. The van der Waals surface area contributed by atoms with Gasteiger partial charge in [-0.05, 0) is 24.0 Å². The number of carbonyl (C=O) groups is 4. The molecule has 0 aliphatic heterocycles. The van der Waals surface area contributed by atoms with Crippen molar-refractivity contribution in [1.82, 2.24) is 10.6 Å². The summed E-state index contributed by atoms with van der Waals surface area (Å²) < 4.78 is 22.8. The maximum absolute atomic E-state index is 11.8. The molecule has 2 amide bonds. The number of benzene rings is 2. The van der Waals surface area contributed by atoms with Crippen molar-refractivity contribution in [3.8, 4) is 0 Å². The minimum atomic E-state index is -4.64. The molecule has 0 aliphatic rings. The van der Waals surface area contributed by atoms with E-state index in [-0.39, 0.29) is 63.7 Å². The van der Waals surface area contributed by atoms with Crippen molar-refractivity contribution in [2.24, 2.45) is 0 Å². The molecule has 220 valence electrons. The zero-order valence-electron chi connectivity index (χ0n) is 21.8. The van der Waals surface area contributed by atoms with Gasteiger partial charge in [-0.1, -0.05) is 60.7 Å². The average molecular weight is 641 g/mol. The minimum Gasteiger partial charge on any atom is -0.550 e. The van der Waals surface area contributed by atoms with E-state index in [4.69, 9.17) is 0 Å². The topological polar surface area (TPSA) is 254 Å². The van der Waals surface area contributed by atoms with Gasteiger partial charge in [-0.25, -0.2) is 0 Å². The van der Waals surface area contributed by atoms with Crippen LogP contribution < -0.4 is 20.8 Å². The third-order valence-corrected chi connectivity index (χ3v) is 7.68. The molecule has 17 heteroatoms. The Hall–Kier alpha value is -2.12. The average Bonchev–Trinajstić information content (AvgIpc) is 2.85. The van der Waals surface area contributed by atoms with Gasteiger partial charge in [0, 0.05) is 37.9 Å². The first-order valence-corrected chi connectivity index (χ1v) is 15.1. The molecule has 0 saturated heterocycles. The van der Waals surface area contributed by atoms with Crippen molar-refractivity contribution in [3.63, 3.8) is 0 Å². The maximum Gasteiger partial charge on any atom is 2.00 e. The maximum atomic E-state index is 11.8. The van der Waals surface area contributed by atoms with Crippen LogP contribution in [-0.4, -0.2) is 105 Å². The van der Waals surface area contributed by atoms with Gasteiger partial charge < -0.3 is 50.0 Å². The Morgan fingerprint density at radius 1 is 0.634 bits per heavy atom. The van der Waals surface area contributed by atoms with E-state index in [0.717, 1.165) is 0 Å². The van der Waals surface area contributed by atoms with Crippen molar-refractivity contribution in [2.75, 3.05) is 13.1 Å². The predicted molar refractivity (Wildman–Crippen MR) is 143 cm³/mol. The molecule has 0 radical (unpaired) electrons. The van der Waals surface area contributed by atoms with E-state index in [1.165, 1.54) is 0 Å². The second-order valence-electron chi connectivity index (χ2n) is 8.42. The summed E-state index contributed by atoms with van der Waals surface area (Å²) in [6.45, 7) is -0.459. The summed E-state index contributed by atoms with van der Waals surface area (Å²) in [5.41, 5.74) is -1.86. The SMILES string of the molecule is O=C([O-])CCNC(=O)[C@@H](Cc1ccccc1)P(=O)(O)O.O=C([O-])CCNC(=O)[C@@H](Cc1ccccc1)P(=O)(O)O.[Ca+2]. The summed E-state index contributed by atoms with van der Waals surface area (Å²) in [4.78, 5) is 80.9. The van der Waals surface area contributed by atoms with Crippen LogP contribution in [0.2, 0.25) is 0 Å². The molecule has 6 N–H and O–H groups in total. The quantitative estimate of drug-likeness (QED) is 0.0940. The molecule has 0 aromatic heterocycles. The van der Waals surface area contributed by atoms with Gasteiger partial charge in [-0.2, -0.15) is 0 Å². The summed E-state index contributed by atoms with van der Waals surface area (Å²) >= 11 is 0. The van der Waals surface area contributed by atoms with Crippen LogP contribution in [0.5, 0.6) is 0 Å². The van der Waals surface area contributed by atoms with Gasteiger partial charge in [0.15, 0.2) is 0 Å². The molecule has 0 bridgehead atoms. The van der Waals surface area contributed by atoms with E-state index >= 15 is 0 Å². The number of hydrogen-bond acceptors (Lipinski definition) is 8. The fourth-order valence-corrected chi connectivity index (χ4v) is 4.91. The van der Waals surface area contributed by atoms with Gasteiger partial charge >= 0.3 is 52.9 Å². The Labute approximate surface area is 265 Å². The van der Waals surface area contributed by atoms with E-state index < -0.39 is 63.1 Å². The normalized spacial score (nSPS) is 12.4. The van der Waals surface area contributed by atoms with E-state index in [2.05, 4.69) is 10.6 Å². The Balaban J connectivity index is 0.000000762. The first-order valence-electron chi connectivity index (χ1n) is 11.7. The van der Waals surface area contributed by atoms with E-state index in [1.54, 1.807) is 60.7 Å². The van der Waals surface area contributed by atoms with Crippen LogP contribution in [0.15, 0.2) is 60.7 Å². The zero-order chi connectivity index (χ0) is 30.3. The summed E-state index contributed by atoms with van der Waals surface area (Å²) in [6.07, 6.45) is -1.07. The largest absolute Gasteiger partial charge is 2.00 e. The van der Waals surface area contributed by atoms with Crippen molar-refractivity contribution in [2.45, 2.75) is 37.0 Å². The fraction of sp³-hybridized carbons (Fsp3) is 0.333. The molecule has 2 atom stereocenters. The number of aliphatic carboxylic acids is 2. The Kier molecular flexibility index (Phi) is 18.2. The van der Waals surface area contributed by atoms with Crippen LogP contribution in [0.3, 0.4) is 0 Å². The smallest absolute Gasteiger partial charge is 0.550 e. The first kappa shape index (κ1) is 38.9. The van der Waals surface area contributed by atoms with Crippen LogP contribution in [-0.2, 0) is 41.1 Å². The van der Waals surface area contributed by atoms with Crippen LogP contribution >= 0.6 is 15.2 Å². The van der Waals surface area contributed by atoms with Crippen LogP contribution in [0, 0.1) is 0 Å².